The van der Waals surface area contributed by atoms with Crippen LogP contribution in [0.15, 0.2) is 18.5 Å². The molecule has 1 aliphatic heterocycles. The highest BCUT2D eigenvalue weighted by molar-refractivity contribution is 6.61. The number of aromatic nitrogens is 2. The third-order valence-electron chi connectivity index (χ3n) is 4.91. The largest absolute Gasteiger partial charge is 0.494 e. The second kappa shape index (κ2) is 5.28. The number of rotatable bonds is 2. The molecule has 4 rings (SSSR count). The first-order valence-corrected chi connectivity index (χ1v) is 8.36. The number of nitrogens with zero attached hydrogens (tertiary/aromatic N) is 2. The van der Waals surface area contributed by atoms with E-state index in [1.807, 2.05) is 10.6 Å². The van der Waals surface area contributed by atoms with Crippen molar-refractivity contribution < 1.29 is 18.8 Å². The van der Waals surface area contributed by atoms with E-state index in [4.69, 9.17) is 9.31 Å². The Balaban J connectivity index is 1.62. The molecule has 0 unspecified atom stereocenters. The number of benzene rings is 1. The van der Waals surface area contributed by atoms with Gasteiger partial charge in [0.15, 0.2) is 0 Å². The van der Waals surface area contributed by atoms with Crippen molar-refractivity contribution in [1.29, 1.82) is 0 Å². The zero-order valence-corrected chi connectivity index (χ0v) is 14.3. The van der Waals surface area contributed by atoms with Crippen LogP contribution in [0.2, 0.25) is 0 Å². The highest BCUT2D eigenvalue weighted by Gasteiger charge is 2.40. The molecular formula is C17H22BFN2O3. The lowest BCUT2D eigenvalue weighted by molar-refractivity contribution is -0.0499. The monoisotopic (exact) mass is 332 g/mol. The molecule has 0 atom stereocenters. The van der Waals surface area contributed by atoms with Crippen LogP contribution >= 0.6 is 0 Å². The van der Waals surface area contributed by atoms with Crippen molar-refractivity contribution >= 4 is 23.6 Å². The fourth-order valence-corrected chi connectivity index (χ4v) is 3.59. The van der Waals surface area contributed by atoms with Crippen molar-refractivity contribution in [2.24, 2.45) is 5.41 Å². The van der Waals surface area contributed by atoms with Gasteiger partial charge < -0.3 is 19.0 Å². The Morgan fingerprint density at radius 3 is 2.54 bits per heavy atom. The first kappa shape index (κ1) is 16.1. The molecule has 2 fully saturated rings. The minimum atomic E-state index is -0.658. The van der Waals surface area contributed by atoms with Crippen LogP contribution in [-0.4, -0.2) is 40.6 Å². The van der Waals surface area contributed by atoms with Crippen LogP contribution in [0, 0.1) is 11.2 Å². The van der Waals surface area contributed by atoms with E-state index >= 15 is 0 Å². The molecule has 24 heavy (non-hydrogen) atoms. The Bertz CT molecular complexity index is 771. The van der Waals surface area contributed by atoms with E-state index in [0.29, 0.717) is 42.6 Å². The fraction of sp³-hybridized carbons (Fsp3) is 0.588. The molecule has 2 heterocycles. The molecule has 0 bridgehead atoms. The summed E-state index contributed by atoms with van der Waals surface area (Å²) in [6.45, 7) is 7.09. The topological polar surface area (TPSA) is 56.5 Å². The molecule has 1 aromatic heterocycles. The van der Waals surface area contributed by atoms with Crippen LogP contribution < -0.4 is 5.46 Å². The van der Waals surface area contributed by atoms with E-state index in [1.54, 1.807) is 13.3 Å². The van der Waals surface area contributed by atoms with Crippen molar-refractivity contribution in [3.63, 3.8) is 0 Å². The minimum Gasteiger partial charge on any atom is -0.407 e. The molecule has 1 saturated carbocycles. The van der Waals surface area contributed by atoms with Crippen molar-refractivity contribution in [2.75, 3.05) is 13.2 Å². The zero-order valence-electron chi connectivity index (χ0n) is 14.3. The van der Waals surface area contributed by atoms with Crippen molar-refractivity contribution in [3.8, 4) is 0 Å². The van der Waals surface area contributed by atoms with Crippen LogP contribution in [0.3, 0.4) is 0 Å². The van der Waals surface area contributed by atoms with E-state index < -0.39 is 12.7 Å². The van der Waals surface area contributed by atoms with E-state index in [9.17, 15) is 9.50 Å². The van der Waals surface area contributed by atoms with Crippen LogP contribution in [0.4, 0.5) is 4.39 Å². The molecule has 1 saturated heterocycles. The highest BCUT2D eigenvalue weighted by atomic mass is 19.1. The molecule has 1 aliphatic carbocycles. The molecular weight excluding hydrogens is 310 g/mol. The number of aliphatic hydroxyl groups is 1. The van der Waals surface area contributed by atoms with Crippen molar-refractivity contribution in [2.45, 2.75) is 45.3 Å². The van der Waals surface area contributed by atoms with Gasteiger partial charge in [-0.3, -0.25) is 0 Å². The van der Waals surface area contributed by atoms with Gasteiger partial charge in [0.1, 0.15) is 11.3 Å². The van der Waals surface area contributed by atoms with Crippen molar-refractivity contribution in [1.82, 2.24) is 9.55 Å². The van der Waals surface area contributed by atoms with Crippen LogP contribution in [0.25, 0.3) is 11.0 Å². The van der Waals surface area contributed by atoms with Crippen LogP contribution in [-0.2, 0) is 9.31 Å². The van der Waals surface area contributed by atoms with Gasteiger partial charge >= 0.3 is 7.12 Å². The van der Waals surface area contributed by atoms with Gasteiger partial charge in [-0.15, -0.1) is 0 Å². The Kier molecular flexibility index (Phi) is 3.53. The van der Waals surface area contributed by atoms with Crippen LogP contribution in [0.1, 0.15) is 39.7 Å². The Morgan fingerprint density at radius 1 is 1.25 bits per heavy atom. The van der Waals surface area contributed by atoms with Gasteiger partial charge in [0.2, 0.25) is 0 Å². The third kappa shape index (κ3) is 2.74. The second-order valence-electron chi connectivity index (χ2n) is 8.20. The summed E-state index contributed by atoms with van der Waals surface area (Å²) in [6, 6.07) is 3.39. The summed E-state index contributed by atoms with van der Waals surface area (Å²) in [5, 5.41) is 9.92. The smallest absolute Gasteiger partial charge is 0.407 e. The summed E-state index contributed by atoms with van der Waals surface area (Å²) in [5.41, 5.74) is 1.04. The molecule has 1 N–H and O–H groups in total. The van der Waals surface area contributed by atoms with Gasteiger partial charge in [0, 0.05) is 24.7 Å². The van der Waals surface area contributed by atoms with Crippen LogP contribution in [0.5, 0.6) is 0 Å². The predicted octanol–water partition coefficient (Wildman–Crippen LogP) is 2.03. The van der Waals surface area contributed by atoms with Gasteiger partial charge in [-0.05, 0) is 37.4 Å². The molecule has 0 spiro atoms. The first-order chi connectivity index (χ1) is 11.2. The van der Waals surface area contributed by atoms with Gasteiger partial charge in [-0.25, -0.2) is 9.37 Å². The Hall–Kier alpha value is -1.44. The molecule has 128 valence electrons. The van der Waals surface area contributed by atoms with Gasteiger partial charge in [0.25, 0.3) is 0 Å². The average molecular weight is 332 g/mol. The average Bonchev–Trinajstić information content (AvgIpc) is 2.88. The maximum absolute atomic E-state index is 14.7. The summed E-state index contributed by atoms with van der Waals surface area (Å²) in [6.07, 6.45) is 2.89. The summed E-state index contributed by atoms with van der Waals surface area (Å²) in [5.74, 6) is -0.330. The summed E-state index contributed by atoms with van der Waals surface area (Å²) < 4.78 is 28.0. The molecule has 0 radical (unpaired) electrons. The zero-order chi connectivity index (χ0) is 17.1. The molecule has 2 aromatic rings. The highest BCUT2D eigenvalue weighted by Crippen LogP contribution is 2.42. The lowest BCUT2D eigenvalue weighted by atomic mass is 9.75. The second-order valence-corrected chi connectivity index (χ2v) is 8.20. The lowest BCUT2D eigenvalue weighted by Gasteiger charge is -2.41. The fourth-order valence-electron chi connectivity index (χ4n) is 3.59. The summed E-state index contributed by atoms with van der Waals surface area (Å²) in [7, 11) is -0.550. The number of fused-ring (bicyclic) bond motifs is 1. The maximum Gasteiger partial charge on any atom is 0.494 e. The Labute approximate surface area is 140 Å². The van der Waals surface area contributed by atoms with Crippen molar-refractivity contribution in [3.05, 3.63) is 24.3 Å². The summed E-state index contributed by atoms with van der Waals surface area (Å²) in [4.78, 5) is 4.34. The third-order valence-corrected chi connectivity index (χ3v) is 4.91. The van der Waals surface area contributed by atoms with Gasteiger partial charge in [-0.2, -0.15) is 0 Å². The van der Waals surface area contributed by atoms with E-state index in [0.717, 1.165) is 0 Å². The van der Waals surface area contributed by atoms with Gasteiger partial charge in [-0.1, -0.05) is 13.8 Å². The minimum absolute atomic E-state index is 0.0259. The predicted molar refractivity (Wildman–Crippen MR) is 89.7 cm³/mol. The quantitative estimate of drug-likeness (QED) is 0.855. The number of imidazole rings is 1. The SMILES string of the molecule is CC1(C)COB(c2cc(F)c3c(c2)ncn3C2CC(C)(O)C2)OC1. The van der Waals surface area contributed by atoms with E-state index in [1.165, 1.54) is 6.07 Å². The normalized spacial score (nSPS) is 29.7. The standard InChI is InChI=1S/C17H22BFN2O3/c1-16(2)8-23-18(24-9-16)11-4-13(19)15-14(5-11)20-10-21(15)12-6-17(3,22)7-12/h4-5,10,12,22H,6-9H2,1-3H3. The molecule has 7 heteroatoms. The first-order valence-electron chi connectivity index (χ1n) is 8.36. The number of halogens is 1. The number of hydrogen-bond acceptors (Lipinski definition) is 4. The Morgan fingerprint density at radius 2 is 1.92 bits per heavy atom. The molecule has 2 aliphatic rings. The maximum atomic E-state index is 14.7. The molecule has 1 aromatic carbocycles. The van der Waals surface area contributed by atoms with Gasteiger partial charge in [0.05, 0.1) is 17.4 Å². The number of hydrogen-bond donors (Lipinski definition) is 1. The summed E-state index contributed by atoms with van der Waals surface area (Å²) >= 11 is 0. The van der Waals surface area contributed by atoms with E-state index in [-0.39, 0.29) is 17.3 Å². The van der Waals surface area contributed by atoms with E-state index in [2.05, 4.69) is 18.8 Å². The lowest BCUT2D eigenvalue weighted by Crippen LogP contribution is -2.47. The molecule has 0 amide bonds. The molecule has 5 nitrogen and oxygen atoms in total.